The Bertz CT molecular complexity index is 587. The fourth-order valence-electron chi connectivity index (χ4n) is 5.30. The van der Waals surface area contributed by atoms with Crippen LogP contribution in [0.15, 0.2) is 11.6 Å². The minimum absolute atomic E-state index is 0.00559. The standard InChI is InChI=1S/C21H36O7/c1-11(2)12-5-7-20(3)14(9-12)21(4,26)8-6-15(20)28-19-18(25)17(24)16(23)13(10-22)27-19/h5,11,13-19,22-26H,6-10H2,1-4H3/t13-,14-,15-,16-,17+,18-,19+,20-,21+/m1/s1. The van der Waals surface area contributed by atoms with E-state index in [0.29, 0.717) is 18.8 Å². The molecule has 7 heteroatoms. The van der Waals surface area contributed by atoms with E-state index in [4.69, 9.17) is 9.47 Å². The Labute approximate surface area is 167 Å². The predicted octanol–water partition coefficient (Wildman–Crippen LogP) is 0.715. The van der Waals surface area contributed by atoms with E-state index in [1.54, 1.807) is 0 Å². The molecule has 0 unspecified atom stereocenters. The fraction of sp³-hybridized carbons (Fsp3) is 0.905. The Kier molecular flexibility index (Phi) is 6.29. The first-order valence-electron chi connectivity index (χ1n) is 10.4. The summed E-state index contributed by atoms with van der Waals surface area (Å²) < 4.78 is 11.7. The fourth-order valence-corrected chi connectivity index (χ4v) is 5.30. The Morgan fingerprint density at radius 3 is 2.46 bits per heavy atom. The van der Waals surface area contributed by atoms with E-state index < -0.39 is 42.9 Å². The van der Waals surface area contributed by atoms with Crippen LogP contribution in [-0.2, 0) is 9.47 Å². The van der Waals surface area contributed by atoms with E-state index in [0.717, 1.165) is 12.8 Å². The smallest absolute Gasteiger partial charge is 0.186 e. The predicted molar refractivity (Wildman–Crippen MR) is 102 cm³/mol. The molecule has 2 fully saturated rings. The van der Waals surface area contributed by atoms with Gasteiger partial charge in [0.1, 0.15) is 24.4 Å². The molecule has 3 aliphatic rings. The third-order valence-electron chi connectivity index (χ3n) is 7.33. The van der Waals surface area contributed by atoms with Crippen LogP contribution in [0, 0.1) is 17.3 Å². The van der Waals surface area contributed by atoms with E-state index in [2.05, 4.69) is 26.8 Å². The maximum atomic E-state index is 11.1. The van der Waals surface area contributed by atoms with Gasteiger partial charge in [-0.15, -0.1) is 0 Å². The lowest BCUT2D eigenvalue weighted by Gasteiger charge is -2.56. The van der Waals surface area contributed by atoms with Gasteiger partial charge in [-0.2, -0.15) is 0 Å². The Morgan fingerprint density at radius 1 is 1.18 bits per heavy atom. The van der Waals surface area contributed by atoms with Gasteiger partial charge in [-0.25, -0.2) is 0 Å². The Hall–Kier alpha value is -0.540. The van der Waals surface area contributed by atoms with Crippen molar-refractivity contribution in [3.8, 4) is 0 Å². The molecule has 162 valence electrons. The third-order valence-corrected chi connectivity index (χ3v) is 7.33. The van der Waals surface area contributed by atoms with E-state index in [1.165, 1.54) is 5.57 Å². The van der Waals surface area contributed by atoms with Crippen molar-refractivity contribution in [3.05, 3.63) is 11.6 Å². The highest BCUT2D eigenvalue weighted by Gasteiger charge is 2.56. The second kappa shape index (κ2) is 7.95. The van der Waals surface area contributed by atoms with Crippen molar-refractivity contribution in [3.63, 3.8) is 0 Å². The largest absolute Gasteiger partial charge is 0.394 e. The summed E-state index contributed by atoms with van der Waals surface area (Å²) in [5, 5.41) is 50.9. The molecule has 1 heterocycles. The lowest BCUT2D eigenvalue weighted by atomic mass is 9.54. The van der Waals surface area contributed by atoms with Crippen LogP contribution in [0.1, 0.15) is 53.4 Å². The van der Waals surface area contributed by atoms with Crippen LogP contribution in [0.3, 0.4) is 0 Å². The normalized spacial score (nSPS) is 49.6. The van der Waals surface area contributed by atoms with Gasteiger partial charge in [0, 0.05) is 5.41 Å². The number of fused-ring (bicyclic) bond motifs is 1. The molecule has 9 atom stereocenters. The summed E-state index contributed by atoms with van der Waals surface area (Å²) in [6.07, 6.45) is -1.72. The molecule has 2 aliphatic carbocycles. The van der Waals surface area contributed by atoms with Crippen molar-refractivity contribution >= 4 is 0 Å². The van der Waals surface area contributed by atoms with Crippen molar-refractivity contribution in [2.45, 2.75) is 95.8 Å². The summed E-state index contributed by atoms with van der Waals surface area (Å²) >= 11 is 0. The van der Waals surface area contributed by atoms with Gasteiger partial charge < -0.3 is 35.0 Å². The van der Waals surface area contributed by atoms with Gasteiger partial charge >= 0.3 is 0 Å². The lowest BCUT2D eigenvalue weighted by molar-refractivity contribution is -0.328. The van der Waals surface area contributed by atoms with Gasteiger partial charge in [0.15, 0.2) is 6.29 Å². The number of allylic oxidation sites excluding steroid dienone is 2. The van der Waals surface area contributed by atoms with E-state index >= 15 is 0 Å². The summed E-state index contributed by atoms with van der Waals surface area (Å²) in [5.41, 5.74) is 0.188. The number of hydrogen-bond acceptors (Lipinski definition) is 7. The minimum atomic E-state index is -1.45. The molecule has 7 nitrogen and oxygen atoms in total. The molecule has 0 amide bonds. The van der Waals surface area contributed by atoms with Crippen LogP contribution < -0.4 is 0 Å². The molecule has 0 spiro atoms. The Balaban J connectivity index is 1.82. The summed E-state index contributed by atoms with van der Waals surface area (Å²) in [7, 11) is 0. The number of aliphatic hydroxyl groups is 5. The topological polar surface area (TPSA) is 120 Å². The zero-order valence-electron chi connectivity index (χ0n) is 17.3. The van der Waals surface area contributed by atoms with Crippen LogP contribution in [0.25, 0.3) is 0 Å². The van der Waals surface area contributed by atoms with Crippen molar-refractivity contribution < 1.29 is 35.0 Å². The first-order valence-corrected chi connectivity index (χ1v) is 10.4. The summed E-state index contributed by atoms with van der Waals surface area (Å²) in [6, 6.07) is 0. The molecule has 0 aromatic rings. The van der Waals surface area contributed by atoms with Gasteiger partial charge in [0.2, 0.25) is 0 Å². The van der Waals surface area contributed by atoms with Gasteiger partial charge in [-0.05, 0) is 44.4 Å². The molecule has 0 bridgehead atoms. The minimum Gasteiger partial charge on any atom is -0.394 e. The number of hydrogen-bond donors (Lipinski definition) is 5. The second-order valence-corrected chi connectivity index (χ2v) is 9.62. The van der Waals surface area contributed by atoms with E-state index in [1.807, 2.05) is 6.92 Å². The lowest BCUT2D eigenvalue weighted by Crippen LogP contribution is -2.62. The Morgan fingerprint density at radius 2 is 1.86 bits per heavy atom. The van der Waals surface area contributed by atoms with E-state index in [9.17, 15) is 25.5 Å². The van der Waals surface area contributed by atoms with Crippen LogP contribution in [0.2, 0.25) is 0 Å². The number of ether oxygens (including phenoxy) is 2. The van der Waals surface area contributed by atoms with Gasteiger partial charge in [-0.1, -0.05) is 32.4 Å². The highest BCUT2D eigenvalue weighted by molar-refractivity contribution is 5.19. The molecule has 1 aliphatic heterocycles. The van der Waals surface area contributed by atoms with Crippen LogP contribution in [-0.4, -0.2) is 74.6 Å². The van der Waals surface area contributed by atoms with Crippen molar-refractivity contribution in [1.29, 1.82) is 0 Å². The van der Waals surface area contributed by atoms with Crippen LogP contribution in [0.5, 0.6) is 0 Å². The number of rotatable bonds is 4. The van der Waals surface area contributed by atoms with Gasteiger partial charge in [-0.3, -0.25) is 0 Å². The number of aliphatic hydroxyl groups excluding tert-OH is 4. The highest BCUT2D eigenvalue weighted by atomic mass is 16.7. The molecular weight excluding hydrogens is 364 g/mol. The van der Waals surface area contributed by atoms with Crippen LogP contribution in [0.4, 0.5) is 0 Å². The van der Waals surface area contributed by atoms with E-state index in [-0.39, 0.29) is 17.4 Å². The monoisotopic (exact) mass is 400 g/mol. The maximum absolute atomic E-state index is 11.1. The molecule has 5 N–H and O–H groups in total. The first-order chi connectivity index (χ1) is 13.0. The van der Waals surface area contributed by atoms with Crippen molar-refractivity contribution in [1.82, 2.24) is 0 Å². The highest BCUT2D eigenvalue weighted by Crippen LogP contribution is 2.55. The molecule has 0 aromatic heterocycles. The summed E-state index contributed by atoms with van der Waals surface area (Å²) in [4.78, 5) is 0. The molecule has 28 heavy (non-hydrogen) atoms. The zero-order chi connectivity index (χ0) is 20.9. The molecular formula is C21H36O7. The van der Waals surface area contributed by atoms with Crippen molar-refractivity contribution in [2.75, 3.05) is 6.61 Å². The second-order valence-electron chi connectivity index (χ2n) is 9.62. The van der Waals surface area contributed by atoms with Crippen molar-refractivity contribution in [2.24, 2.45) is 17.3 Å². The third kappa shape index (κ3) is 3.78. The zero-order valence-corrected chi connectivity index (χ0v) is 17.3. The SMILES string of the molecule is CC(C)C1=CC[C@]2(C)[C@@H](C1)[C@@](C)(O)CC[C@H]2O[C@@H]1O[C@H](CO)[C@@H](O)[C@H](O)[C@H]1O. The molecule has 1 saturated heterocycles. The quantitative estimate of drug-likeness (QED) is 0.441. The maximum Gasteiger partial charge on any atom is 0.186 e. The first kappa shape index (κ1) is 22.2. The summed E-state index contributed by atoms with van der Waals surface area (Å²) in [6.45, 7) is 7.84. The van der Waals surface area contributed by atoms with Gasteiger partial charge in [0.25, 0.3) is 0 Å². The molecule has 0 aromatic carbocycles. The average Bonchev–Trinajstić information content (AvgIpc) is 2.64. The average molecular weight is 401 g/mol. The van der Waals surface area contributed by atoms with Crippen LogP contribution >= 0.6 is 0 Å². The van der Waals surface area contributed by atoms with Gasteiger partial charge in [0.05, 0.1) is 18.3 Å². The molecule has 3 rings (SSSR count). The molecule has 0 radical (unpaired) electrons. The molecule has 1 saturated carbocycles. The summed E-state index contributed by atoms with van der Waals surface area (Å²) in [5.74, 6) is 0.429.